The predicted octanol–water partition coefficient (Wildman–Crippen LogP) is -1.05. The Morgan fingerprint density at radius 1 is 1.69 bits per heavy atom. The van der Waals surface area contributed by atoms with Gasteiger partial charge in [-0.2, -0.15) is 0 Å². The van der Waals surface area contributed by atoms with Gasteiger partial charge in [0, 0.05) is 17.5 Å². The minimum absolute atomic E-state index is 0.0563. The summed E-state index contributed by atoms with van der Waals surface area (Å²) >= 11 is -2.28. The number of amides is 1. The summed E-state index contributed by atoms with van der Waals surface area (Å²) in [7, 11) is 0. The maximum atomic E-state index is 10.7. The standard InChI is InChI=1S/C6H7N3O3S/c7-6(10)5-4(2-13(11)12)1-8-3-9-5/h1,3H,2H2,(H2,7,10)(H,11,12)/p-1. The lowest BCUT2D eigenvalue weighted by molar-refractivity contribution is 0.0994. The quantitative estimate of drug-likeness (QED) is 0.626. The van der Waals surface area contributed by atoms with Gasteiger partial charge in [-0.15, -0.1) is 0 Å². The van der Waals surface area contributed by atoms with Crippen LogP contribution in [0.1, 0.15) is 16.1 Å². The minimum Gasteiger partial charge on any atom is -0.772 e. The van der Waals surface area contributed by atoms with E-state index < -0.39 is 17.0 Å². The Bertz CT molecular complexity index is 355. The summed E-state index contributed by atoms with van der Waals surface area (Å²) in [6.45, 7) is 0. The number of nitrogens with zero attached hydrogens (tertiary/aromatic N) is 2. The van der Waals surface area contributed by atoms with Gasteiger partial charge in [0.1, 0.15) is 12.0 Å². The third kappa shape index (κ3) is 2.56. The summed E-state index contributed by atoms with van der Waals surface area (Å²) < 4.78 is 20.7. The number of rotatable bonds is 3. The zero-order chi connectivity index (χ0) is 9.84. The van der Waals surface area contributed by atoms with Crippen molar-refractivity contribution in [3.63, 3.8) is 0 Å². The highest BCUT2D eigenvalue weighted by Crippen LogP contribution is 2.04. The van der Waals surface area contributed by atoms with Crippen LogP contribution in [0.25, 0.3) is 0 Å². The average Bonchev–Trinajstić information content (AvgIpc) is 2.03. The summed E-state index contributed by atoms with van der Waals surface area (Å²) in [5, 5.41) is 0. The topological polar surface area (TPSA) is 109 Å². The monoisotopic (exact) mass is 200 g/mol. The van der Waals surface area contributed by atoms with Crippen LogP contribution in [-0.2, 0) is 16.8 Å². The second-order valence-electron chi connectivity index (χ2n) is 2.21. The van der Waals surface area contributed by atoms with Crippen molar-refractivity contribution in [2.24, 2.45) is 5.73 Å². The van der Waals surface area contributed by atoms with E-state index in [1.165, 1.54) is 6.20 Å². The lowest BCUT2D eigenvalue weighted by Crippen LogP contribution is -2.16. The van der Waals surface area contributed by atoms with Crippen molar-refractivity contribution in [2.45, 2.75) is 5.75 Å². The van der Waals surface area contributed by atoms with E-state index in [0.29, 0.717) is 0 Å². The van der Waals surface area contributed by atoms with E-state index in [4.69, 9.17) is 5.73 Å². The van der Waals surface area contributed by atoms with E-state index in [2.05, 4.69) is 9.97 Å². The molecule has 13 heavy (non-hydrogen) atoms. The number of carbonyl (C=O) groups excluding carboxylic acids is 1. The minimum atomic E-state index is -2.28. The number of hydrogen-bond donors (Lipinski definition) is 1. The molecular formula is C6H6N3O3S-. The van der Waals surface area contributed by atoms with Gasteiger partial charge in [0.15, 0.2) is 0 Å². The number of primary amides is 1. The Morgan fingerprint density at radius 2 is 2.38 bits per heavy atom. The van der Waals surface area contributed by atoms with Gasteiger partial charge in [-0.3, -0.25) is 9.00 Å². The van der Waals surface area contributed by atoms with Gasteiger partial charge in [0.05, 0.1) is 0 Å². The van der Waals surface area contributed by atoms with Gasteiger partial charge in [-0.1, -0.05) is 11.1 Å². The lowest BCUT2D eigenvalue weighted by atomic mass is 10.2. The molecule has 0 aromatic carbocycles. The second kappa shape index (κ2) is 4.06. The van der Waals surface area contributed by atoms with E-state index in [0.717, 1.165) is 6.33 Å². The molecule has 6 nitrogen and oxygen atoms in total. The van der Waals surface area contributed by atoms with Crippen molar-refractivity contribution < 1.29 is 13.6 Å². The molecular weight excluding hydrogens is 194 g/mol. The summed E-state index contributed by atoms with van der Waals surface area (Å²) in [5.41, 5.74) is 5.12. The van der Waals surface area contributed by atoms with Crippen LogP contribution >= 0.6 is 0 Å². The largest absolute Gasteiger partial charge is 0.772 e. The molecule has 0 spiro atoms. The molecule has 0 saturated heterocycles. The first-order valence-corrected chi connectivity index (χ1v) is 4.50. The highest BCUT2D eigenvalue weighted by molar-refractivity contribution is 7.78. The molecule has 2 N–H and O–H groups in total. The van der Waals surface area contributed by atoms with Crippen LogP contribution in [0.5, 0.6) is 0 Å². The van der Waals surface area contributed by atoms with Gasteiger partial charge in [0.25, 0.3) is 5.91 Å². The Balaban J connectivity index is 3.04. The Kier molecular flexibility index (Phi) is 3.04. The zero-order valence-electron chi connectivity index (χ0n) is 6.47. The van der Waals surface area contributed by atoms with E-state index >= 15 is 0 Å². The number of hydrogen-bond acceptors (Lipinski definition) is 5. The van der Waals surface area contributed by atoms with Crippen LogP contribution in [0.3, 0.4) is 0 Å². The molecule has 0 aliphatic heterocycles. The smallest absolute Gasteiger partial charge is 0.267 e. The van der Waals surface area contributed by atoms with Crippen molar-refractivity contribution >= 4 is 17.0 Å². The molecule has 1 aromatic rings. The first-order valence-electron chi connectivity index (χ1n) is 3.26. The number of carbonyl (C=O) groups is 1. The van der Waals surface area contributed by atoms with Crippen molar-refractivity contribution in [3.8, 4) is 0 Å². The molecule has 1 atom stereocenters. The third-order valence-electron chi connectivity index (χ3n) is 1.29. The van der Waals surface area contributed by atoms with Crippen LogP contribution in [-0.4, -0.2) is 24.6 Å². The first-order chi connectivity index (χ1) is 6.11. The van der Waals surface area contributed by atoms with E-state index in [1.807, 2.05) is 0 Å². The number of aromatic nitrogens is 2. The van der Waals surface area contributed by atoms with Crippen LogP contribution in [0.2, 0.25) is 0 Å². The van der Waals surface area contributed by atoms with Crippen molar-refractivity contribution in [1.29, 1.82) is 0 Å². The summed E-state index contributed by atoms with van der Waals surface area (Å²) in [6, 6.07) is 0. The van der Waals surface area contributed by atoms with E-state index in [-0.39, 0.29) is 17.0 Å². The molecule has 0 fully saturated rings. The van der Waals surface area contributed by atoms with Gasteiger partial charge in [-0.25, -0.2) is 9.97 Å². The Labute approximate surface area is 76.5 Å². The molecule has 0 bridgehead atoms. The first kappa shape index (κ1) is 9.75. The van der Waals surface area contributed by atoms with Crippen molar-refractivity contribution in [2.75, 3.05) is 0 Å². The molecule has 0 aliphatic rings. The third-order valence-corrected chi connectivity index (χ3v) is 1.84. The zero-order valence-corrected chi connectivity index (χ0v) is 7.28. The number of nitrogens with two attached hydrogens (primary N) is 1. The molecule has 1 unspecified atom stereocenters. The fourth-order valence-corrected chi connectivity index (χ4v) is 1.28. The van der Waals surface area contributed by atoms with E-state index in [1.54, 1.807) is 0 Å². The molecule has 7 heteroatoms. The molecule has 70 valence electrons. The fraction of sp³-hybridized carbons (Fsp3) is 0.167. The molecule has 0 aliphatic carbocycles. The Morgan fingerprint density at radius 3 is 2.92 bits per heavy atom. The van der Waals surface area contributed by atoms with Gasteiger partial charge >= 0.3 is 0 Å². The normalized spacial score (nSPS) is 12.4. The van der Waals surface area contributed by atoms with Crippen LogP contribution in [0, 0.1) is 0 Å². The van der Waals surface area contributed by atoms with E-state index in [9.17, 15) is 13.6 Å². The highest BCUT2D eigenvalue weighted by Gasteiger charge is 2.08. The molecule has 1 rings (SSSR count). The molecule has 1 aromatic heterocycles. The molecule has 1 heterocycles. The highest BCUT2D eigenvalue weighted by atomic mass is 32.2. The molecule has 1 amide bonds. The summed E-state index contributed by atoms with van der Waals surface area (Å²) in [5.74, 6) is -1.07. The van der Waals surface area contributed by atoms with Crippen LogP contribution in [0.4, 0.5) is 0 Å². The van der Waals surface area contributed by atoms with Crippen LogP contribution in [0.15, 0.2) is 12.5 Å². The maximum absolute atomic E-state index is 10.7. The maximum Gasteiger partial charge on any atom is 0.267 e. The SMILES string of the molecule is NC(=O)c1ncncc1CS(=O)[O-]. The van der Waals surface area contributed by atoms with Crippen molar-refractivity contribution in [1.82, 2.24) is 9.97 Å². The van der Waals surface area contributed by atoms with Crippen LogP contribution < -0.4 is 5.73 Å². The lowest BCUT2D eigenvalue weighted by Gasteiger charge is -2.06. The Hall–Kier alpha value is -1.34. The van der Waals surface area contributed by atoms with Crippen molar-refractivity contribution in [3.05, 3.63) is 23.8 Å². The molecule has 0 saturated carbocycles. The predicted molar refractivity (Wildman–Crippen MR) is 43.2 cm³/mol. The average molecular weight is 200 g/mol. The fourth-order valence-electron chi connectivity index (χ4n) is 0.813. The van der Waals surface area contributed by atoms with Gasteiger partial charge in [0.2, 0.25) is 0 Å². The van der Waals surface area contributed by atoms with Gasteiger partial charge in [-0.05, 0) is 0 Å². The van der Waals surface area contributed by atoms with Gasteiger partial charge < -0.3 is 10.3 Å². The summed E-state index contributed by atoms with van der Waals surface area (Å²) in [6.07, 6.45) is 2.39. The summed E-state index contributed by atoms with van der Waals surface area (Å²) in [4.78, 5) is 17.9. The second-order valence-corrected chi connectivity index (χ2v) is 3.11. The molecule has 0 radical (unpaired) electrons.